The normalized spacial score (nSPS) is 10.5. The van der Waals surface area contributed by atoms with Crippen LogP contribution in [0.5, 0.6) is 11.5 Å². The minimum atomic E-state index is -0.520. The molecule has 2 aromatic carbocycles. The zero-order chi connectivity index (χ0) is 19.6. The molecule has 27 heavy (non-hydrogen) atoms. The highest BCUT2D eigenvalue weighted by Gasteiger charge is 2.10. The summed E-state index contributed by atoms with van der Waals surface area (Å²) in [6.45, 7) is -0.195. The molecule has 138 valence electrons. The molecular weight excluding hydrogens is 348 g/mol. The van der Waals surface area contributed by atoms with Crippen LogP contribution in [-0.4, -0.2) is 32.7 Å². The van der Waals surface area contributed by atoms with Crippen LogP contribution < -0.4 is 14.8 Å². The molecule has 0 aliphatic carbocycles. The third-order valence-electron chi connectivity index (χ3n) is 3.49. The predicted molar refractivity (Wildman–Crippen MR) is 99.2 cm³/mol. The van der Waals surface area contributed by atoms with E-state index in [9.17, 15) is 14.9 Å². The van der Waals surface area contributed by atoms with Gasteiger partial charge in [0.1, 0.15) is 23.1 Å². The fraction of sp³-hybridized carbons (Fsp3) is 0.150. The van der Waals surface area contributed by atoms with Crippen molar-refractivity contribution in [2.24, 2.45) is 0 Å². The standard InChI is InChI=1S/C20H18N2O5/c1-25-17-9-5-16(6-10-17)22-20(24)15(12-21)11-14-3-7-18(8-4-14)27-13-19(23)26-2/h3-11H,13H2,1-2H3,(H,22,24)/b15-11+. The van der Waals surface area contributed by atoms with Crippen molar-refractivity contribution in [3.63, 3.8) is 0 Å². The molecule has 2 rings (SSSR count). The second-order valence-electron chi connectivity index (χ2n) is 5.29. The molecule has 0 aliphatic heterocycles. The minimum absolute atomic E-state index is 0.0472. The molecule has 0 aliphatic rings. The molecular formula is C20H18N2O5. The number of esters is 1. The summed E-state index contributed by atoms with van der Waals surface area (Å²) in [6, 6.07) is 15.3. The summed E-state index contributed by atoms with van der Waals surface area (Å²) < 4.78 is 14.8. The number of carbonyl (C=O) groups excluding carboxylic acids is 2. The van der Waals surface area contributed by atoms with E-state index >= 15 is 0 Å². The highest BCUT2D eigenvalue weighted by molar-refractivity contribution is 6.09. The Balaban J connectivity index is 2.04. The Hall–Kier alpha value is -3.79. The van der Waals surface area contributed by atoms with Crippen LogP contribution in [0.3, 0.4) is 0 Å². The summed E-state index contributed by atoms with van der Waals surface area (Å²) in [5.41, 5.74) is 1.14. The van der Waals surface area contributed by atoms with Crippen molar-refractivity contribution < 1.29 is 23.8 Å². The summed E-state index contributed by atoms with van der Waals surface area (Å²) in [5, 5.41) is 11.9. The van der Waals surface area contributed by atoms with Crippen molar-refractivity contribution in [2.75, 3.05) is 26.1 Å². The predicted octanol–water partition coefficient (Wildman–Crippen LogP) is 2.79. The first-order valence-corrected chi connectivity index (χ1v) is 7.92. The summed E-state index contributed by atoms with van der Waals surface area (Å²) in [6.07, 6.45) is 1.46. The Morgan fingerprint density at radius 1 is 1.04 bits per heavy atom. The first kappa shape index (κ1) is 19.5. The molecule has 0 heterocycles. The molecule has 0 saturated carbocycles. The maximum Gasteiger partial charge on any atom is 0.343 e. The molecule has 0 saturated heterocycles. The maximum atomic E-state index is 12.3. The van der Waals surface area contributed by atoms with Crippen LogP contribution in [0.1, 0.15) is 5.56 Å². The zero-order valence-corrected chi connectivity index (χ0v) is 14.9. The van der Waals surface area contributed by atoms with Crippen molar-refractivity contribution in [3.8, 4) is 17.6 Å². The van der Waals surface area contributed by atoms with Crippen molar-refractivity contribution in [2.45, 2.75) is 0 Å². The Morgan fingerprint density at radius 2 is 1.67 bits per heavy atom. The van der Waals surface area contributed by atoms with Crippen LogP contribution in [0.4, 0.5) is 5.69 Å². The van der Waals surface area contributed by atoms with Gasteiger partial charge in [0.25, 0.3) is 5.91 Å². The lowest BCUT2D eigenvalue weighted by molar-refractivity contribution is -0.142. The molecule has 0 bridgehead atoms. The van der Waals surface area contributed by atoms with E-state index in [2.05, 4.69) is 10.1 Å². The number of rotatable bonds is 7. The van der Waals surface area contributed by atoms with Gasteiger partial charge in [0.05, 0.1) is 14.2 Å². The summed E-state index contributed by atoms with van der Waals surface area (Å²) in [4.78, 5) is 23.3. The van der Waals surface area contributed by atoms with Crippen LogP contribution in [0, 0.1) is 11.3 Å². The van der Waals surface area contributed by atoms with Gasteiger partial charge in [-0.1, -0.05) is 12.1 Å². The molecule has 7 heteroatoms. The quantitative estimate of drug-likeness (QED) is 0.460. The number of ether oxygens (including phenoxy) is 3. The molecule has 0 spiro atoms. The Kier molecular flexibility index (Phi) is 6.97. The number of benzene rings is 2. The number of nitrogens with zero attached hydrogens (tertiary/aromatic N) is 1. The van der Waals surface area contributed by atoms with Crippen LogP contribution in [0.15, 0.2) is 54.1 Å². The summed E-state index contributed by atoms with van der Waals surface area (Å²) in [5.74, 6) is 0.131. The fourth-order valence-corrected chi connectivity index (χ4v) is 2.05. The van der Waals surface area contributed by atoms with Gasteiger partial charge in [0.2, 0.25) is 0 Å². The van der Waals surface area contributed by atoms with E-state index in [1.165, 1.54) is 13.2 Å². The number of hydrogen-bond donors (Lipinski definition) is 1. The second-order valence-corrected chi connectivity index (χ2v) is 5.29. The molecule has 7 nitrogen and oxygen atoms in total. The van der Waals surface area contributed by atoms with Crippen molar-refractivity contribution in [1.82, 2.24) is 0 Å². The van der Waals surface area contributed by atoms with Crippen molar-refractivity contribution in [1.29, 1.82) is 5.26 Å². The van der Waals surface area contributed by atoms with Gasteiger partial charge < -0.3 is 19.5 Å². The average Bonchev–Trinajstić information content (AvgIpc) is 2.71. The Labute approximate surface area is 156 Å². The monoisotopic (exact) mass is 366 g/mol. The smallest absolute Gasteiger partial charge is 0.343 e. The van der Waals surface area contributed by atoms with Crippen LogP contribution in [0.2, 0.25) is 0 Å². The van der Waals surface area contributed by atoms with Gasteiger partial charge in [-0.05, 0) is 48.0 Å². The van der Waals surface area contributed by atoms with Gasteiger partial charge in [0, 0.05) is 5.69 Å². The first-order valence-electron chi connectivity index (χ1n) is 7.92. The summed E-state index contributed by atoms with van der Waals surface area (Å²) >= 11 is 0. The number of methoxy groups -OCH3 is 2. The van der Waals surface area contributed by atoms with E-state index in [4.69, 9.17) is 9.47 Å². The number of hydrogen-bond acceptors (Lipinski definition) is 6. The highest BCUT2D eigenvalue weighted by Crippen LogP contribution is 2.17. The molecule has 2 aromatic rings. The maximum absolute atomic E-state index is 12.3. The van der Waals surface area contributed by atoms with E-state index in [1.807, 2.05) is 6.07 Å². The van der Waals surface area contributed by atoms with E-state index in [0.29, 0.717) is 22.7 Å². The molecule has 0 atom stereocenters. The Morgan fingerprint density at radius 3 is 2.22 bits per heavy atom. The third kappa shape index (κ3) is 5.90. The molecule has 1 amide bonds. The third-order valence-corrected chi connectivity index (χ3v) is 3.49. The number of amides is 1. The lowest BCUT2D eigenvalue weighted by Gasteiger charge is -2.06. The van der Waals surface area contributed by atoms with Gasteiger partial charge in [-0.3, -0.25) is 4.79 Å². The van der Waals surface area contributed by atoms with Gasteiger partial charge >= 0.3 is 5.97 Å². The van der Waals surface area contributed by atoms with E-state index in [-0.39, 0.29) is 12.2 Å². The van der Waals surface area contributed by atoms with Crippen LogP contribution >= 0.6 is 0 Å². The minimum Gasteiger partial charge on any atom is -0.497 e. The van der Waals surface area contributed by atoms with Gasteiger partial charge in [-0.2, -0.15) is 5.26 Å². The van der Waals surface area contributed by atoms with Crippen molar-refractivity contribution in [3.05, 3.63) is 59.7 Å². The lowest BCUT2D eigenvalue weighted by Crippen LogP contribution is -2.13. The van der Waals surface area contributed by atoms with E-state index in [0.717, 1.165) is 0 Å². The Bertz CT molecular complexity index is 865. The number of carbonyl (C=O) groups is 2. The van der Waals surface area contributed by atoms with Crippen LogP contribution in [-0.2, 0) is 14.3 Å². The molecule has 0 unspecified atom stereocenters. The highest BCUT2D eigenvalue weighted by atomic mass is 16.6. The van der Waals surface area contributed by atoms with Gasteiger partial charge in [-0.15, -0.1) is 0 Å². The van der Waals surface area contributed by atoms with Gasteiger partial charge in [0.15, 0.2) is 6.61 Å². The molecule has 0 radical (unpaired) electrons. The average molecular weight is 366 g/mol. The molecule has 0 fully saturated rings. The number of nitrogens with one attached hydrogen (secondary N) is 1. The van der Waals surface area contributed by atoms with E-state index in [1.54, 1.807) is 55.6 Å². The van der Waals surface area contributed by atoms with Crippen LogP contribution in [0.25, 0.3) is 6.08 Å². The van der Waals surface area contributed by atoms with E-state index < -0.39 is 11.9 Å². The van der Waals surface area contributed by atoms with Gasteiger partial charge in [-0.25, -0.2) is 4.79 Å². The summed E-state index contributed by atoms with van der Waals surface area (Å²) in [7, 11) is 2.83. The molecule has 1 N–H and O–H groups in total. The molecule has 0 aromatic heterocycles. The largest absolute Gasteiger partial charge is 0.497 e. The first-order chi connectivity index (χ1) is 13.0. The number of anilines is 1. The second kappa shape index (κ2) is 9.63. The zero-order valence-electron chi connectivity index (χ0n) is 14.9. The number of nitriles is 1. The SMILES string of the molecule is COC(=O)COc1ccc(/C=C(\C#N)C(=O)Nc2ccc(OC)cc2)cc1. The lowest BCUT2D eigenvalue weighted by atomic mass is 10.1. The topological polar surface area (TPSA) is 97.7 Å². The fourth-order valence-electron chi connectivity index (χ4n) is 2.05. The van der Waals surface area contributed by atoms with Crippen molar-refractivity contribution >= 4 is 23.6 Å².